The molecule has 2 atom stereocenters. The van der Waals surface area contributed by atoms with Gasteiger partial charge in [-0.2, -0.15) is 0 Å². The first-order chi connectivity index (χ1) is 13.2. The molecule has 0 saturated heterocycles. The van der Waals surface area contributed by atoms with E-state index in [2.05, 4.69) is 103 Å². The van der Waals surface area contributed by atoms with Crippen molar-refractivity contribution < 1.29 is 0 Å². The lowest BCUT2D eigenvalue weighted by Crippen LogP contribution is -2.17. The highest BCUT2D eigenvalue weighted by atomic mass is 14.7. The Kier molecular flexibility index (Phi) is 4.30. The van der Waals surface area contributed by atoms with Gasteiger partial charge in [-0.15, -0.1) is 0 Å². The zero-order valence-electron chi connectivity index (χ0n) is 18.4. The molecule has 0 heteroatoms. The smallest absolute Gasteiger partial charge is 0.0265 e. The van der Waals surface area contributed by atoms with Crippen molar-refractivity contribution in [2.75, 3.05) is 0 Å². The van der Waals surface area contributed by atoms with Crippen LogP contribution in [0.25, 0.3) is 11.6 Å². The number of hydrogen-bond acceptors (Lipinski definition) is 0. The second-order valence-corrected chi connectivity index (χ2v) is 9.45. The van der Waals surface area contributed by atoms with Gasteiger partial charge in [0.05, 0.1) is 0 Å². The first-order valence-electron chi connectivity index (χ1n) is 10.4. The van der Waals surface area contributed by atoms with Crippen LogP contribution in [0.2, 0.25) is 0 Å². The van der Waals surface area contributed by atoms with Gasteiger partial charge in [-0.1, -0.05) is 77.7 Å². The number of allylic oxidation sites excluding steroid dienone is 5. The lowest BCUT2D eigenvalue weighted by Gasteiger charge is -2.30. The minimum absolute atomic E-state index is 0.117. The predicted octanol–water partition coefficient (Wildman–Crippen LogP) is 7.76. The number of benzene rings is 2. The average Bonchev–Trinajstić information content (AvgIpc) is 3.22. The molecule has 0 nitrogen and oxygen atoms in total. The summed E-state index contributed by atoms with van der Waals surface area (Å²) in [7, 11) is 0. The Hall–Kier alpha value is -2.34. The summed E-state index contributed by atoms with van der Waals surface area (Å²) < 4.78 is 0. The normalized spacial score (nSPS) is 26.5. The first kappa shape index (κ1) is 19.0. The highest BCUT2D eigenvalue weighted by Gasteiger charge is 2.66. The fourth-order valence-corrected chi connectivity index (χ4v) is 5.64. The fraction of sp³-hybridized carbons (Fsp3) is 0.357. The van der Waals surface area contributed by atoms with Crippen molar-refractivity contribution in [2.24, 2.45) is 10.8 Å². The molecule has 0 radical (unpaired) electrons. The van der Waals surface area contributed by atoms with Crippen LogP contribution >= 0.6 is 0 Å². The third-order valence-corrected chi connectivity index (χ3v) is 7.00. The number of hydrogen-bond donors (Lipinski definition) is 0. The summed E-state index contributed by atoms with van der Waals surface area (Å²) in [5.74, 6) is 0. The van der Waals surface area contributed by atoms with Crippen LogP contribution in [0, 0.1) is 38.5 Å². The van der Waals surface area contributed by atoms with E-state index in [0.29, 0.717) is 0 Å². The van der Waals surface area contributed by atoms with E-state index in [0.717, 1.165) is 0 Å². The molecule has 0 aliphatic heterocycles. The average molecular weight is 369 g/mol. The van der Waals surface area contributed by atoms with Gasteiger partial charge in [0.25, 0.3) is 0 Å². The van der Waals surface area contributed by atoms with Crippen molar-refractivity contribution in [1.29, 1.82) is 0 Å². The number of fused-ring (bicyclic) bond motifs is 1. The molecule has 2 aromatic carbocycles. The van der Waals surface area contributed by atoms with Crippen molar-refractivity contribution in [1.82, 2.24) is 0 Å². The van der Waals surface area contributed by atoms with Crippen LogP contribution in [-0.2, 0) is 0 Å². The van der Waals surface area contributed by atoms with Crippen molar-refractivity contribution >= 4 is 11.6 Å². The molecular formula is C28H32. The van der Waals surface area contributed by atoms with E-state index < -0.39 is 0 Å². The Morgan fingerprint density at radius 3 is 2.04 bits per heavy atom. The molecule has 2 aliphatic rings. The molecule has 2 aliphatic carbocycles. The molecule has 1 fully saturated rings. The Labute approximate surface area is 170 Å². The van der Waals surface area contributed by atoms with Crippen molar-refractivity contribution in [3.8, 4) is 0 Å². The zero-order valence-corrected chi connectivity index (χ0v) is 18.4. The maximum absolute atomic E-state index is 2.50. The zero-order chi connectivity index (χ0) is 20.3. The summed E-state index contributed by atoms with van der Waals surface area (Å²) in [5.41, 5.74) is 12.8. The van der Waals surface area contributed by atoms with Gasteiger partial charge in [-0.25, -0.2) is 0 Å². The molecule has 0 aromatic heterocycles. The maximum Gasteiger partial charge on any atom is 0.0265 e. The molecule has 28 heavy (non-hydrogen) atoms. The standard InChI is InChI=1S/C28H32/c1-18-8-10-24(11-9-18)26(15-25-21(4)12-19(2)13-22(25)5)28-17-27(28,7)16-20(3)14-23(28)6/h8-16H,17H2,1-7H3/b26-15+. The lowest BCUT2D eigenvalue weighted by atomic mass is 9.73. The molecule has 0 spiro atoms. The molecular weight excluding hydrogens is 336 g/mol. The first-order valence-corrected chi connectivity index (χ1v) is 10.4. The Bertz CT molecular complexity index is 1020. The lowest BCUT2D eigenvalue weighted by molar-refractivity contribution is 0.585. The van der Waals surface area contributed by atoms with E-state index in [1.807, 2.05) is 0 Å². The summed E-state index contributed by atoms with van der Waals surface area (Å²) in [5, 5.41) is 0. The van der Waals surface area contributed by atoms with E-state index in [-0.39, 0.29) is 10.8 Å². The fourth-order valence-electron chi connectivity index (χ4n) is 5.64. The third kappa shape index (κ3) is 2.82. The van der Waals surface area contributed by atoms with E-state index in [4.69, 9.17) is 0 Å². The molecule has 4 rings (SSSR count). The number of aryl methyl sites for hydroxylation is 4. The quantitative estimate of drug-likeness (QED) is 0.485. The minimum atomic E-state index is 0.117. The number of rotatable bonds is 3. The summed E-state index contributed by atoms with van der Waals surface area (Å²) in [4.78, 5) is 0. The molecule has 144 valence electrons. The Morgan fingerprint density at radius 2 is 1.46 bits per heavy atom. The topological polar surface area (TPSA) is 0 Å². The van der Waals surface area contributed by atoms with E-state index in [9.17, 15) is 0 Å². The van der Waals surface area contributed by atoms with Crippen LogP contribution in [-0.4, -0.2) is 0 Å². The predicted molar refractivity (Wildman–Crippen MR) is 122 cm³/mol. The molecule has 0 N–H and O–H groups in total. The van der Waals surface area contributed by atoms with Gasteiger partial charge in [-0.05, 0) is 81.9 Å². The second kappa shape index (κ2) is 6.34. The summed E-state index contributed by atoms with van der Waals surface area (Å²) >= 11 is 0. The third-order valence-electron chi connectivity index (χ3n) is 7.00. The summed E-state index contributed by atoms with van der Waals surface area (Å²) in [6.07, 6.45) is 8.58. The van der Waals surface area contributed by atoms with Gasteiger partial charge < -0.3 is 0 Å². The Balaban J connectivity index is 1.96. The largest absolute Gasteiger partial charge is 0.0744 e. The molecule has 0 amide bonds. The van der Waals surface area contributed by atoms with Crippen LogP contribution < -0.4 is 0 Å². The van der Waals surface area contributed by atoms with E-state index in [1.54, 1.807) is 0 Å². The van der Waals surface area contributed by atoms with E-state index >= 15 is 0 Å². The van der Waals surface area contributed by atoms with Crippen LogP contribution in [0.3, 0.4) is 0 Å². The van der Waals surface area contributed by atoms with Crippen LogP contribution in [0.5, 0.6) is 0 Å². The Morgan fingerprint density at radius 1 is 0.857 bits per heavy atom. The maximum atomic E-state index is 2.50. The van der Waals surface area contributed by atoms with Gasteiger partial charge in [0.15, 0.2) is 0 Å². The molecule has 2 aromatic rings. The SMILES string of the molecule is CC1=CC2(C)CC2(/C(=C/c2c(C)cc(C)cc2C)c2ccc(C)cc2)C(C)=C1. The van der Waals surface area contributed by atoms with E-state index in [1.165, 1.54) is 56.5 Å². The second-order valence-electron chi connectivity index (χ2n) is 9.45. The van der Waals surface area contributed by atoms with Crippen LogP contribution in [0.1, 0.15) is 60.6 Å². The molecule has 1 saturated carbocycles. The van der Waals surface area contributed by atoms with Crippen LogP contribution in [0.15, 0.2) is 59.7 Å². The summed E-state index contributed by atoms with van der Waals surface area (Å²) in [6.45, 7) is 15.8. The molecule has 0 bridgehead atoms. The van der Waals surface area contributed by atoms with Crippen molar-refractivity contribution in [2.45, 2.75) is 54.9 Å². The van der Waals surface area contributed by atoms with Gasteiger partial charge in [0, 0.05) is 10.8 Å². The van der Waals surface area contributed by atoms with Gasteiger partial charge in [0.2, 0.25) is 0 Å². The molecule has 0 heterocycles. The van der Waals surface area contributed by atoms with Gasteiger partial charge >= 0.3 is 0 Å². The highest BCUT2D eigenvalue weighted by molar-refractivity contribution is 5.91. The summed E-state index contributed by atoms with van der Waals surface area (Å²) in [6, 6.07) is 13.7. The van der Waals surface area contributed by atoms with Gasteiger partial charge in [0.1, 0.15) is 0 Å². The monoisotopic (exact) mass is 368 g/mol. The van der Waals surface area contributed by atoms with Crippen LogP contribution in [0.4, 0.5) is 0 Å². The van der Waals surface area contributed by atoms with Crippen molar-refractivity contribution in [3.63, 3.8) is 0 Å². The van der Waals surface area contributed by atoms with Crippen molar-refractivity contribution in [3.05, 3.63) is 93.1 Å². The minimum Gasteiger partial charge on any atom is -0.0744 e. The highest BCUT2D eigenvalue weighted by Crippen LogP contribution is 2.76. The van der Waals surface area contributed by atoms with Gasteiger partial charge in [-0.3, -0.25) is 0 Å². The molecule has 2 unspecified atom stereocenters.